The van der Waals surface area contributed by atoms with Gasteiger partial charge in [-0.15, -0.1) is 0 Å². The van der Waals surface area contributed by atoms with E-state index >= 15 is 0 Å². The van der Waals surface area contributed by atoms with Crippen LogP contribution in [0.25, 0.3) is 0 Å². The predicted octanol–water partition coefficient (Wildman–Crippen LogP) is 0.833. The summed E-state index contributed by atoms with van der Waals surface area (Å²) in [5.41, 5.74) is 0. The Hall–Kier alpha value is -0.180. The summed E-state index contributed by atoms with van der Waals surface area (Å²) in [5, 5.41) is -1.58. The Balaban J connectivity index is 4.84. The van der Waals surface area contributed by atoms with Crippen LogP contribution in [0.15, 0.2) is 0 Å². The summed E-state index contributed by atoms with van der Waals surface area (Å²) in [6.45, 7) is 3.13. The van der Waals surface area contributed by atoms with Crippen LogP contribution in [0.5, 0.6) is 0 Å². The van der Waals surface area contributed by atoms with Crippen molar-refractivity contribution in [3.8, 4) is 0 Å². The zero-order valence-corrected chi connectivity index (χ0v) is 7.47. The molecule has 0 atom stereocenters. The molecule has 0 bridgehead atoms. The Labute approximate surface area is 65.8 Å². The summed E-state index contributed by atoms with van der Waals surface area (Å²) in [6, 6.07) is 0. The highest BCUT2D eigenvalue weighted by Crippen LogP contribution is 2.52. The van der Waals surface area contributed by atoms with Gasteiger partial charge in [0.15, 0.2) is 0 Å². The van der Waals surface area contributed by atoms with E-state index in [-0.39, 0.29) is 12.8 Å². The van der Waals surface area contributed by atoms with Crippen molar-refractivity contribution in [2.24, 2.45) is 0 Å². The lowest BCUT2D eigenvalue weighted by molar-refractivity contribution is 0.336. The lowest BCUT2D eigenvalue weighted by Gasteiger charge is -2.24. The van der Waals surface area contributed by atoms with Crippen molar-refractivity contribution in [2.45, 2.75) is 31.8 Å². The fourth-order valence-electron chi connectivity index (χ4n) is 0.866. The van der Waals surface area contributed by atoms with Crippen LogP contribution < -0.4 is 0 Å². The number of carbonyl (C=O) groups excluding carboxylic acids is 1. The summed E-state index contributed by atoms with van der Waals surface area (Å²) in [4.78, 5) is 27.9. The van der Waals surface area contributed by atoms with Gasteiger partial charge in [-0.2, -0.15) is 0 Å². The predicted molar refractivity (Wildman–Crippen MR) is 41.1 cm³/mol. The molecule has 65 valence electrons. The van der Waals surface area contributed by atoms with Gasteiger partial charge >= 0.3 is 7.60 Å². The molecule has 11 heavy (non-hydrogen) atoms. The summed E-state index contributed by atoms with van der Waals surface area (Å²) < 4.78 is 10.8. The first-order valence-electron chi connectivity index (χ1n) is 3.38. The van der Waals surface area contributed by atoms with Gasteiger partial charge in [-0.05, 0) is 12.8 Å². The van der Waals surface area contributed by atoms with Crippen LogP contribution in [0.1, 0.15) is 26.7 Å². The van der Waals surface area contributed by atoms with Crippen LogP contribution >= 0.6 is 7.60 Å². The monoisotopic (exact) mass is 179 g/mol. The molecule has 0 aliphatic rings. The molecule has 5 heteroatoms. The lowest BCUT2D eigenvalue weighted by atomic mass is 10.1. The second kappa shape index (κ2) is 3.48. The first-order valence-corrected chi connectivity index (χ1v) is 4.99. The second-order valence-electron chi connectivity index (χ2n) is 2.38. The van der Waals surface area contributed by atoms with Gasteiger partial charge in [0.2, 0.25) is 6.29 Å². The van der Waals surface area contributed by atoms with Gasteiger partial charge in [0.1, 0.15) is 5.16 Å². The van der Waals surface area contributed by atoms with Crippen molar-refractivity contribution in [3.05, 3.63) is 0 Å². The van der Waals surface area contributed by atoms with E-state index in [0.29, 0.717) is 0 Å². The van der Waals surface area contributed by atoms with E-state index in [9.17, 15) is 9.36 Å². The molecule has 0 aromatic rings. The largest absolute Gasteiger partial charge is 0.339 e. The van der Waals surface area contributed by atoms with Crippen LogP contribution in [0, 0.1) is 0 Å². The van der Waals surface area contributed by atoms with Crippen molar-refractivity contribution >= 4 is 13.9 Å². The maximum atomic E-state index is 10.8. The Bertz CT molecular complexity index is 179. The standard InChI is InChI=1S/C6H12O4P/c1-3-6(4-2,5-7)11(8,9)10/h3-4H2,1-2H3,(H2,8,9,10). The molecule has 0 aromatic carbocycles. The molecule has 2 N–H and O–H groups in total. The summed E-state index contributed by atoms with van der Waals surface area (Å²) >= 11 is 0. The highest BCUT2D eigenvalue weighted by atomic mass is 31.2. The molecule has 0 rings (SSSR count). The highest BCUT2D eigenvalue weighted by Gasteiger charge is 2.44. The quantitative estimate of drug-likeness (QED) is 0.627. The highest BCUT2D eigenvalue weighted by molar-refractivity contribution is 7.54. The maximum absolute atomic E-state index is 10.8. The number of hydrogen-bond acceptors (Lipinski definition) is 2. The summed E-state index contributed by atoms with van der Waals surface area (Å²) in [6.07, 6.45) is 1.69. The normalized spacial score (nSPS) is 13.1. The van der Waals surface area contributed by atoms with Gasteiger partial charge in [-0.1, -0.05) is 13.8 Å². The zero-order valence-electron chi connectivity index (χ0n) is 6.57. The van der Waals surface area contributed by atoms with E-state index in [0.717, 1.165) is 0 Å². The van der Waals surface area contributed by atoms with E-state index in [2.05, 4.69) is 0 Å². The topological polar surface area (TPSA) is 74.6 Å². The average Bonchev–Trinajstić information content (AvgIpc) is 1.90. The third-order valence-electron chi connectivity index (χ3n) is 1.92. The van der Waals surface area contributed by atoms with Crippen LogP contribution in [-0.4, -0.2) is 21.2 Å². The Kier molecular flexibility index (Phi) is 3.42. The average molecular weight is 179 g/mol. The fraction of sp³-hybridized carbons (Fsp3) is 0.833. The van der Waals surface area contributed by atoms with Crippen molar-refractivity contribution in [1.29, 1.82) is 0 Å². The van der Waals surface area contributed by atoms with Gasteiger partial charge in [-0.25, -0.2) is 0 Å². The molecule has 0 aliphatic heterocycles. The molecule has 0 amide bonds. The van der Waals surface area contributed by atoms with Gasteiger partial charge in [-0.3, -0.25) is 9.36 Å². The number of hydrogen-bond donors (Lipinski definition) is 2. The molecular formula is C6H12O4P. The third-order valence-corrected chi connectivity index (χ3v) is 3.76. The Morgan fingerprint density at radius 3 is 1.73 bits per heavy atom. The van der Waals surface area contributed by atoms with E-state index in [4.69, 9.17) is 9.79 Å². The summed E-state index contributed by atoms with van der Waals surface area (Å²) in [7, 11) is -4.33. The summed E-state index contributed by atoms with van der Waals surface area (Å²) in [5.74, 6) is 0. The minimum atomic E-state index is -4.33. The fourth-order valence-corrected chi connectivity index (χ4v) is 1.81. The van der Waals surface area contributed by atoms with E-state index in [1.54, 1.807) is 13.8 Å². The van der Waals surface area contributed by atoms with Gasteiger partial charge in [0.05, 0.1) is 0 Å². The first kappa shape index (κ1) is 10.8. The maximum Gasteiger partial charge on any atom is 0.339 e. The molecule has 0 heterocycles. The van der Waals surface area contributed by atoms with Gasteiger partial charge in [0.25, 0.3) is 0 Å². The van der Waals surface area contributed by atoms with Gasteiger partial charge in [0, 0.05) is 0 Å². The molecule has 0 aromatic heterocycles. The lowest BCUT2D eigenvalue weighted by Crippen LogP contribution is -2.28. The van der Waals surface area contributed by atoms with Gasteiger partial charge < -0.3 is 9.79 Å². The molecule has 0 fully saturated rings. The van der Waals surface area contributed by atoms with Crippen molar-refractivity contribution < 1.29 is 19.1 Å². The van der Waals surface area contributed by atoms with Crippen LogP contribution in [0.2, 0.25) is 0 Å². The molecule has 0 saturated carbocycles. The Morgan fingerprint density at radius 1 is 1.36 bits per heavy atom. The smallest absolute Gasteiger partial charge is 0.324 e. The molecule has 0 aliphatic carbocycles. The third kappa shape index (κ3) is 1.89. The molecule has 0 saturated heterocycles. The Morgan fingerprint density at radius 2 is 1.73 bits per heavy atom. The minimum absolute atomic E-state index is 0.122. The van der Waals surface area contributed by atoms with Crippen molar-refractivity contribution in [2.75, 3.05) is 0 Å². The zero-order chi connectivity index (χ0) is 9.12. The first-order chi connectivity index (χ1) is 4.93. The molecular weight excluding hydrogens is 167 g/mol. The van der Waals surface area contributed by atoms with E-state index in [1.165, 1.54) is 6.29 Å². The SMILES string of the molecule is CCC([C]=O)(CC)P(=O)(O)O. The van der Waals surface area contributed by atoms with E-state index in [1.807, 2.05) is 0 Å². The van der Waals surface area contributed by atoms with Crippen LogP contribution in [0.3, 0.4) is 0 Å². The molecule has 4 nitrogen and oxygen atoms in total. The van der Waals surface area contributed by atoms with Crippen molar-refractivity contribution in [3.63, 3.8) is 0 Å². The van der Waals surface area contributed by atoms with E-state index < -0.39 is 12.8 Å². The van der Waals surface area contributed by atoms with Crippen molar-refractivity contribution in [1.82, 2.24) is 0 Å². The molecule has 0 spiro atoms. The second-order valence-corrected chi connectivity index (χ2v) is 4.33. The minimum Gasteiger partial charge on any atom is -0.324 e. The molecule has 0 unspecified atom stereocenters. The molecule has 1 radical (unpaired) electrons. The van der Waals surface area contributed by atoms with Crippen LogP contribution in [0.4, 0.5) is 0 Å². The number of rotatable bonds is 4. The van der Waals surface area contributed by atoms with Crippen LogP contribution in [-0.2, 0) is 9.36 Å².